The average molecular weight is 291 g/mol. The number of aromatic nitrogens is 1. The highest BCUT2D eigenvalue weighted by Crippen LogP contribution is 2.25. The SMILES string of the molecule is CCOC(=O)c1ccc(N2CC3OCCN(C)C3C2)nc1. The van der Waals surface area contributed by atoms with Crippen LogP contribution in [0.3, 0.4) is 0 Å². The molecule has 0 amide bonds. The summed E-state index contributed by atoms with van der Waals surface area (Å²) in [5.41, 5.74) is 0.491. The summed E-state index contributed by atoms with van der Waals surface area (Å²) in [4.78, 5) is 20.6. The number of hydrogen-bond donors (Lipinski definition) is 0. The molecule has 2 fully saturated rings. The molecule has 21 heavy (non-hydrogen) atoms. The number of pyridine rings is 1. The number of carbonyl (C=O) groups is 1. The third-order valence-electron chi connectivity index (χ3n) is 4.16. The summed E-state index contributed by atoms with van der Waals surface area (Å²) in [6, 6.07) is 4.07. The van der Waals surface area contributed by atoms with Crippen molar-refractivity contribution < 1.29 is 14.3 Å². The molecule has 6 nitrogen and oxygen atoms in total. The number of carbonyl (C=O) groups excluding carboxylic acids is 1. The molecule has 0 aliphatic carbocycles. The Morgan fingerprint density at radius 2 is 2.33 bits per heavy atom. The number of likely N-dealkylation sites (N-methyl/N-ethyl adjacent to an activating group) is 1. The molecule has 0 saturated carbocycles. The lowest BCUT2D eigenvalue weighted by Gasteiger charge is -2.33. The van der Waals surface area contributed by atoms with Crippen molar-refractivity contribution in [1.82, 2.24) is 9.88 Å². The molecular weight excluding hydrogens is 270 g/mol. The van der Waals surface area contributed by atoms with Gasteiger partial charge in [-0.15, -0.1) is 0 Å². The van der Waals surface area contributed by atoms with E-state index in [0.717, 1.165) is 32.1 Å². The summed E-state index contributed by atoms with van der Waals surface area (Å²) in [7, 11) is 2.14. The van der Waals surface area contributed by atoms with Gasteiger partial charge in [0.15, 0.2) is 0 Å². The van der Waals surface area contributed by atoms with Gasteiger partial charge in [0.2, 0.25) is 0 Å². The van der Waals surface area contributed by atoms with Gasteiger partial charge in [0, 0.05) is 25.8 Å². The number of fused-ring (bicyclic) bond motifs is 1. The van der Waals surface area contributed by atoms with Gasteiger partial charge < -0.3 is 14.4 Å². The molecule has 2 aliphatic heterocycles. The van der Waals surface area contributed by atoms with E-state index in [1.165, 1.54) is 0 Å². The van der Waals surface area contributed by atoms with E-state index in [1.54, 1.807) is 19.2 Å². The van der Waals surface area contributed by atoms with Crippen LogP contribution < -0.4 is 4.90 Å². The van der Waals surface area contributed by atoms with E-state index in [-0.39, 0.29) is 12.1 Å². The molecule has 1 aromatic rings. The van der Waals surface area contributed by atoms with Gasteiger partial charge >= 0.3 is 5.97 Å². The average Bonchev–Trinajstić information content (AvgIpc) is 2.93. The van der Waals surface area contributed by atoms with Crippen molar-refractivity contribution in [3.05, 3.63) is 23.9 Å². The maximum atomic E-state index is 11.6. The van der Waals surface area contributed by atoms with Crippen LogP contribution in [-0.4, -0.2) is 67.9 Å². The van der Waals surface area contributed by atoms with Crippen LogP contribution in [0.15, 0.2) is 18.3 Å². The maximum Gasteiger partial charge on any atom is 0.339 e. The standard InChI is InChI=1S/C15H21N3O3/c1-3-20-15(19)11-4-5-14(16-8-11)18-9-12-13(10-18)21-7-6-17(12)2/h4-5,8,12-13H,3,6-7,9-10H2,1-2H3. The quantitative estimate of drug-likeness (QED) is 0.767. The summed E-state index contributed by atoms with van der Waals surface area (Å²) in [5, 5.41) is 0. The summed E-state index contributed by atoms with van der Waals surface area (Å²) in [6.07, 6.45) is 1.83. The van der Waals surface area contributed by atoms with Gasteiger partial charge in [-0.25, -0.2) is 9.78 Å². The lowest BCUT2D eigenvalue weighted by molar-refractivity contribution is -0.0362. The normalized spacial score (nSPS) is 25.7. The Hall–Kier alpha value is -1.66. The number of nitrogens with zero attached hydrogens (tertiary/aromatic N) is 3. The van der Waals surface area contributed by atoms with Crippen molar-refractivity contribution in [1.29, 1.82) is 0 Å². The molecule has 2 atom stereocenters. The van der Waals surface area contributed by atoms with Gasteiger partial charge in [0.05, 0.1) is 30.9 Å². The van der Waals surface area contributed by atoms with Crippen LogP contribution in [0.2, 0.25) is 0 Å². The fraction of sp³-hybridized carbons (Fsp3) is 0.600. The molecule has 2 aliphatic rings. The van der Waals surface area contributed by atoms with Gasteiger partial charge in [-0.1, -0.05) is 0 Å². The lowest BCUT2D eigenvalue weighted by Crippen LogP contribution is -2.48. The zero-order chi connectivity index (χ0) is 14.8. The van der Waals surface area contributed by atoms with E-state index < -0.39 is 0 Å². The zero-order valence-electron chi connectivity index (χ0n) is 12.5. The molecule has 3 heterocycles. The minimum absolute atomic E-state index is 0.246. The molecule has 0 N–H and O–H groups in total. The van der Waals surface area contributed by atoms with Gasteiger partial charge in [0.1, 0.15) is 5.82 Å². The number of hydrogen-bond acceptors (Lipinski definition) is 6. The number of rotatable bonds is 3. The number of morpholine rings is 1. The van der Waals surface area contributed by atoms with Crippen molar-refractivity contribution >= 4 is 11.8 Å². The van der Waals surface area contributed by atoms with Crippen molar-refractivity contribution in [2.45, 2.75) is 19.1 Å². The third kappa shape index (κ3) is 2.87. The first kappa shape index (κ1) is 14.3. The highest BCUT2D eigenvalue weighted by molar-refractivity contribution is 5.89. The van der Waals surface area contributed by atoms with Crippen molar-refractivity contribution in [3.63, 3.8) is 0 Å². The number of esters is 1. The minimum atomic E-state index is -0.324. The predicted octanol–water partition coefficient (Wildman–Crippen LogP) is 0.777. The Balaban J connectivity index is 1.69. The third-order valence-corrected chi connectivity index (χ3v) is 4.16. The molecule has 0 radical (unpaired) electrons. The molecule has 2 unspecified atom stereocenters. The molecule has 0 bridgehead atoms. The molecule has 3 rings (SSSR count). The molecule has 2 saturated heterocycles. The molecule has 0 aromatic carbocycles. The first-order valence-electron chi connectivity index (χ1n) is 7.39. The summed E-state index contributed by atoms with van der Waals surface area (Å²) in [5.74, 6) is 0.559. The molecular formula is C15H21N3O3. The van der Waals surface area contributed by atoms with Crippen LogP contribution in [0.1, 0.15) is 17.3 Å². The Bertz CT molecular complexity index is 505. The maximum absolute atomic E-state index is 11.6. The van der Waals surface area contributed by atoms with Crippen LogP contribution in [0.25, 0.3) is 0 Å². The molecule has 1 aromatic heterocycles. The van der Waals surface area contributed by atoms with Crippen molar-refractivity contribution in [2.75, 3.05) is 44.8 Å². The van der Waals surface area contributed by atoms with Gasteiger partial charge in [0.25, 0.3) is 0 Å². The van der Waals surface area contributed by atoms with E-state index >= 15 is 0 Å². The van der Waals surface area contributed by atoms with E-state index in [2.05, 4.69) is 21.8 Å². The fourth-order valence-electron chi connectivity index (χ4n) is 2.95. The van der Waals surface area contributed by atoms with Crippen molar-refractivity contribution in [3.8, 4) is 0 Å². The second-order valence-corrected chi connectivity index (χ2v) is 5.49. The van der Waals surface area contributed by atoms with E-state index in [0.29, 0.717) is 18.2 Å². The largest absolute Gasteiger partial charge is 0.462 e. The second kappa shape index (κ2) is 5.99. The second-order valence-electron chi connectivity index (χ2n) is 5.49. The lowest BCUT2D eigenvalue weighted by atomic mass is 10.1. The van der Waals surface area contributed by atoms with Gasteiger partial charge in [-0.3, -0.25) is 4.90 Å². The Morgan fingerprint density at radius 3 is 3.00 bits per heavy atom. The molecule has 0 spiro atoms. The molecule has 114 valence electrons. The minimum Gasteiger partial charge on any atom is -0.462 e. The summed E-state index contributed by atoms with van der Waals surface area (Å²) < 4.78 is 10.8. The van der Waals surface area contributed by atoms with E-state index in [1.807, 2.05) is 6.07 Å². The fourth-order valence-corrected chi connectivity index (χ4v) is 2.95. The first-order chi connectivity index (χ1) is 10.2. The van der Waals surface area contributed by atoms with Crippen LogP contribution in [-0.2, 0) is 9.47 Å². The van der Waals surface area contributed by atoms with Gasteiger partial charge in [-0.05, 0) is 26.1 Å². The highest BCUT2D eigenvalue weighted by Gasteiger charge is 2.38. The van der Waals surface area contributed by atoms with Crippen LogP contribution >= 0.6 is 0 Å². The molecule has 6 heteroatoms. The number of ether oxygens (including phenoxy) is 2. The van der Waals surface area contributed by atoms with Gasteiger partial charge in [-0.2, -0.15) is 0 Å². The zero-order valence-corrected chi connectivity index (χ0v) is 12.5. The highest BCUT2D eigenvalue weighted by atomic mass is 16.5. The Kier molecular flexibility index (Phi) is 4.07. The van der Waals surface area contributed by atoms with E-state index in [4.69, 9.17) is 9.47 Å². The van der Waals surface area contributed by atoms with Crippen LogP contribution in [0.4, 0.5) is 5.82 Å². The van der Waals surface area contributed by atoms with Crippen molar-refractivity contribution in [2.24, 2.45) is 0 Å². The topological polar surface area (TPSA) is 54.9 Å². The monoisotopic (exact) mass is 291 g/mol. The Labute approximate surface area is 124 Å². The number of anilines is 1. The first-order valence-corrected chi connectivity index (χ1v) is 7.39. The summed E-state index contributed by atoms with van der Waals surface area (Å²) >= 11 is 0. The van der Waals surface area contributed by atoms with Crippen LogP contribution in [0.5, 0.6) is 0 Å². The predicted molar refractivity (Wildman–Crippen MR) is 78.6 cm³/mol. The smallest absolute Gasteiger partial charge is 0.339 e. The van der Waals surface area contributed by atoms with E-state index in [9.17, 15) is 4.79 Å². The van der Waals surface area contributed by atoms with Crippen LogP contribution in [0, 0.1) is 0 Å². The summed E-state index contributed by atoms with van der Waals surface area (Å²) in [6.45, 7) is 5.69. The Morgan fingerprint density at radius 1 is 1.48 bits per heavy atom.